The molecule has 1 aliphatic heterocycles. The van der Waals surface area contributed by atoms with Crippen LogP contribution in [0.2, 0.25) is 0 Å². The Kier molecular flexibility index (Phi) is 8.38. The van der Waals surface area contributed by atoms with E-state index in [2.05, 4.69) is 11.6 Å². The topological polar surface area (TPSA) is 96.0 Å². The molecule has 0 spiro atoms. The van der Waals surface area contributed by atoms with E-state index in [9.17, 15) is 16.8 Å². The van der Waals surface area contributed by atoms with Crippen LogP contribution < -0.4 is 9.62 Å². The second kappa shape index (κ2) is 10.9. The van der Waals surface area contributed by atoms with Crippen molar-refractivity contribution in [3.05, 3.63) is 48.0 Å². The highest BCUT2D eigenvalue weighted by molar-refractivity contribution is 7.92. The van der Waals surface area contributed by atoms with Crippen LogP contribution in [-0.2, 0) is 31.2 Å². The van der Waals surface area contributed by atoms with Gasteiger partial charge in [-0.1, -0.05) is 39.3 Å². The maximum atomic E-state index is 13.2. The molecule has 182 valence electrons. The molecule has 8 nitrogen and oxygen atoms in total. The first-order chi connectivity index (χ1) is 15.7. The van der Waals surface area contributed by atoms with Gasteiger partial charge in [0.15, 0.2) is 0 Å². The number of hydrogen-bond acceptors (Lipinski definition) is 6. The number of rotatable bonds is 10. The quantitative estimate of drug-likeness (QED) is 0.543. The monoisotopic (exact) mass is 495 g/mol. The minimum absolute atomic E-state index is 0.0548. The van der Waals surface area contributed by atoms with E-state index in [1.807, 2.05) is 17.0 Å². The SMILES string of the molecule is CCCc1ccc(S(=O)(=O)Nc2cc(S(=O)(=O)N(CC)CC)ccc2N2CCOCC2)cc1. The number of hydrogen-bond donors (Lipinski definition) is 1. The van der Waals surface area contributed by atoms with E-state index in [1.165, 1.54) is 16.4 Å². The lowest BCUT2D eigenvalue weighted by Crippen LogP contribution is -2.37. The van der Waals surface area contributed by atoms with Crippen LogP contribution in [0.1, 0.15) is 32.8 Å². The van der Waals surface area contributed by atoms with Gasteiger partial charge in [0.05, 0.1) is 34.4 Å². The van der Waals surface area contributed by atoms with E-state index in [-0.39, 0.29) is 15.5 Å². The van der Waals surface area contributed by atoms with Crippen molar-refractivity contribution < 1.29 is 21.6 Å². The molecule has 3 rings (SSSR count). The highest BCUT2D eigenvalue weighted by Gasteiger charge is 2.26. The largest absolute Gasteiger partial charge is 0.378 e. The summed E-state index contributed by atoms with van der Waals surface area (Å²) in [4.78, 5) is 2.19. The van der Waals surface area contributed by atoms with Crippen LogP contribution in [0.4, 0.5) is 11.4 Å². The van der Waals surface area contributed by atoms with E-state index in [0.717, 1.165) is 18.4 Å². The number of nitrogens with one attached hydrogen (secondary N) is 1. The third-order valence-corrected chi connectivity index (χ3v) is 9.11. The van der Waals surface area contributed by atoms with E-state index >= 15 is 0 Å². The van der Waals surface area contributed by atoms with Crippen molar-refractivity contribution in [3.8, 4) is 0 Å². The van der Waals surface area contributed by atoms with Gasteiger partial charge in [0.1, 0.15) is 0 Å². The van der Waals surface area contributed by atoms with Crippen LogP contribution in [0.3, 0.4) is 0 Å². The lowest BCUT2D eigenvalue weighted by atomic mass is 10.1. The molecular formula is C23H33N3O5S2. The molecule has 1 heterocycles. The van der Waals surface area contributed by atoms with Crippen LogP contribution in [-0.4, -0.2) is 60.5 Å². The third-order valence-electron chi connectivity index (χ3n) is 5.68. The van der Waals surface area contributed by atoms with Crippen LogP contribution in [0.15, 0.2) is 52.3 Å². The Balaban J connectivity index is 2.02. The molecular weight excluding hydrogens is 462 g/mol. The summed E-state index contributed by atoms with van der Waals surface area (Å²) in [5, 5.41) is 0. The molecule has 0 aromatic heterocycles. The minimum atomic E-state index is -3.92. The Morgan fingerprint density at radius 2 is 1.52 bits per heavy atom. The Morgan fingerprint density at radius 3 is 2.09 bits per heavy atom. The lowest BCUT2D eigenvalue weighted by Gasteiger charge is -2.31. The highest BCUT2D eigenvalue weighted by Crippen LogP contribution is 2.32. The summed E-state index contributed by atoms with van der Waals surface area (Å²) in [7, 11) is -7.66. The van der Waals surface area contributed by atoms with Gasteiger partial charge in [0, 0.05) is 26.2 Å². The van der Waals surface area contributed by atoms with Gasteiger partial charge in [-0.15, -0.1) is 0 Å². The molecule has 1 saturated heterocycles. The smallest absolute Gasteiger partial charge is 0.261 e. The number of morpholine rings is 1. The number of aryl methyl sites for hydroxylation is 1. The molecule has 0 saturated carbocycles. The second-order valence-corrected chi connectivity index (χ2v) is 11.5. The van der Waals surface area contributed by atoms with Gasteiger partial charge in [-0.25, -0.2) is 16.8 Å². The second-order valence-electron chi connectivity index (χ2n) is 7.87. The maximum absolute atomic E-state index is 13.2. The third kappa shape index (κ3) is 5.87. The first-order valence-corrected chi connectivity index (χ1v) is 14.2. The Labute approximate surface area is 197 Å². The van der Waals surface area contributed by atoms with E-state index in [0.29, 0.717) is 45.1 Å². The lowest BCUT2D eigenvalue weighted by molar-refractivity contribution is 0.123. The minimum Gasteiger partial charge on any atom is -0.378 e. The van der Waals surface area contributed by atoms with Gasteiger partial charge < -0.3 is 9.64 Å². The zero-order valence-corrected chi connectivity index (χ0v) is 21.1. The molecule has 0 bridgehead atoms. The number of benzene rings is 2. The molecule has 1 aliphatic rings. The Bertz CT molecular complexity index is 1140. The molecule has 0 amide bonds. The molecule has 0 unspecified atom stereocenters. The molecule has 33 heavy (non-hydrogen) atoms. The van der Waals surface area contributed by atoms with Crippen molar-refractivity contribution in [2.75, 3.05) is 49.0 Å². The van der Waals surface area contributed by atoms with Crippen LogP contribution in [0.25, 0.3) is 0 Å². The summed E-state index contributed by atoms with van der Waals surface area (Å²) in [6, 6.07) is 11.4. The summed E-state index contributed by atoms with van der Waals surface area (Å²) in [5.74, 6) is 0. The zero-order valence-electron chi connectivity index (χ0n) is 19.5. The summed E-state index contributed by atoms with van der Waals surface area (Å²) in [5.41, 5.74) is 1.93. The maximum Gasteiger partial charge on any atom is 0.261 e. The highest BCUT2D eigenvalue weighted by atomic mass is 32.2. The molecule has 1 fully saturated rings. The van der Waals surface area contributed by atoms with Crippen LogP contribution >= 0.6 is 0 Å². The fourth-order valence-corrected chi connectivity index (χ4v) is 6.43. The average Bonchev–Trinajstić information content (AvgIpc) is 2.80. The number of nitrogens with zero attached hydrogens (tertiary/aromatic N) is 2. The Hall–Kier alpha value is -2.14. The molecule has 0 atom stereocenters. The van der Waals surface area contributed by atoms with Gasteiger partial charge in [-0.3, -0.25) is 4.72 Å². The van der Waals surface area contributed by atoms with Crippen LogP contribution in [0, 0.1) is 0 Å². The van der Waals surface area contributed by atoms with Gasteiger partial charge in [0.2, 0.25) is 10.0 Å². The summed E-state index contributed by atoms with van der Waals surface area (Å²) in [6.45, 7) is 8.48. The van der Waals surface area contributed by atoms with E-state index in [1.54, 1.807) is 32.0 Å². The van der Waals surface area contributed by atoms with E-state index < -0.39 is 20.0 Å². The van der Waals surface area contributed by atoms with Gasteiger partial charge in [-0.05, 0) is 42.3 Å². The summed E-state index contributed by atoms with van der Waals surface area (Å²) in [6.07, 6.45) is 1.85. The molecule has 2 aromatic carbocycles. The van der Waals surface area contributed by atoms with Crippen molar-refractivity contribution in [3.63, 3.8) is 0 Å². The average molecular weight is 496 g/mol. The zero-order chi connectivity index (χ0) is 24.1. The number of anilines is 2. The van der Waals surface area contributed by atoms with Crippen molar-refractivity contribution in [1.29, 1.82) is 0 Å². The molecule has 0 aliphatic carbocycles. The van der Waals surface area contributed by atoms with Crippen molar-refractivity contribution >= 4 is 31.4 Å². The first kappa shape index (κ1) is 25.5. The molecule has 10 heteroatoms. The molecule has 0 radical (unpaired) electrons. The normalized spacial score (nSPS) is 15.1. The predicted molar refractivity (Wildman–Crippen MR) is 131 cm³/mol. The predicted octanol–water partition coefficient (Wildman–Crippen LogP) is 3.31. The van der Waals surface area contributed by atoms with Gasteiger partial charge >= 0.3 is 0 Å². The standard InChI is InChI=1S/C23H33N3O5S2/c1-4-7-19-8-10-20(11-9-19)32(27,28)24-22-18-21(33(29,30)26(5-2)6-3)12-13-23(22)25-14-16-31-17-15-25/h8-13,18,24H,4-7,14-17H2,1-3H3. The van der Waals surface area contributed by atoms with E-state index in [4.69, 9.17) is 4.74 Å². The number of ether oxygens (including phenoxy) is 1. The number of sulfonamides is 2. The summed E-state index contributed by atoms with van der Waals surface area (Å²) >= 11 is 0. The fraction of sp³-hybridized carbons (Fsp3) is 0.478. The van der Waals surface area contributed by atoms with Crippen molar-refractivity contribution in [2.45, 2.75) is 43.4 Å². The van der Waals surface area contributed by atoms with Gasteiger partial charge in [0.25, 0.3) is 10.0 Å². The molecule has 2 aromatic rings. The summed E-state index contributed by atoms with van der Waals surface area (Å²) < 4.78 is 62.0. The van der Waals surface area contributed by atoms with Crippen LogP contribution in [0.5, 0.6) is 0 Å². The van der Waals surface area contributed by atoms with Crippen molar-refractivity contribution in [1.82, 2.24) is 4.31 Å². The Morgan fingerprint density at radius 1 is 0.909 bits per heavy atom. The fourth-order valence-electron chi connectivity index (χ4n) is 3.88. The molecule has 1 N–H and O–H groups in total. The van der Waals surface area contributed by atoms with Crippen molar-refractivity contribution in [2.24, 2.45) is 0 Å². The first-order valence-electron chi connectivity index (χ1n) is 11.3. The van der Waals surface area contributed by atoms with Gasteiger partial charge in [-0.2, -0.15) is 4.31 Å².